The Morgan fingerprint density at radius 2 is 1.69 bits per heavy atom. The van der Waals surface area contributed by atoms with Crippen molar-refractivity contribution < 1.29 is 33.3 Å². The second-order valence-corrected chi connectivity index (χ2v) is 8.58. The van der Waals surface area contributed by atoms with Crippen molar-refractivity contribution in [2.24, 2.45) is 5.11 Å². The van der Waals surface area contributed by atoms with Crippen molar-refractivity contribution in [1.29, 1.82) is 0 Å². The first-order valence-corrected chi connectivity index (χ1v) is 10.6. The van der Waals surface area contributed by atoms with Crippen molar-refractivity contribution >= 4 is 37.3 Å². The molecule has 156 valence electrons. The van der Waals surface area contributed by atoms with Crippen LogP contribution in [0.3, 0.4) is 0 Å². The summed E-state index contributed by atoms with van der Waals surface area (Å²) in [6.07, 6.45) is -3.08. The predicted molar refractivity (Wildman–Crippen MR) is 101 cm³/mol. The Kier molecular flexibility index (Phi) is 8.48. The van der Waals surface area contributed by atoms with E-state index in [2.05, 4.69) is 10.0 Å². The van der Waals surface area contributed by atoms with Crippen LogP contribution < -0.4 is 4.46 Å². The Hall–Kier alpha value is -2.58. The molecule has 1 aromatic rings. The molecule has 1 aromatic carbocycles. The molecule has 2 rings (SSSR count). The average Bonchev–Trinajstić information content (AvgIpc) is 2.65. The van der Waals surface area contributed by atoms with Crippen LogP contribution in [0.15, 0.2) is 35.4 Å². The summed E-state index contributed by atoms with van der Waals surface area (Å²) in [5.41, 5.74) is 9.06. The zero-order valence-corrected chi connectivity index (χ0v) is 17.8. The van der Waals surface area contributed by atoms with E-state index in [-0.39, 0.29) is 21.6 Å². The van der Waals surface area contributed by atoms with E-state index < -0.39 is 47.3 Å². The number of rotatable bonds is 7. The number of ether oxygens (including phenoxy) is 4. The van der Waals surface area contributed by atoms with Gasteiger partial charge in [0.15, 0.2) is 0 Å². The van der Waals surface area contributed by atoms with E-state index in [1.54, 1.807) is 0 Å². The van der Waals surface area contributed by atoms with Crippen molar-refractivity contribution in [2.75, 3.05) is 6.61 Å². The van der Waals surface area contributed by atoms with Crippen LogP contribution in [0.1, 0.15) is 20.8 Å². The molecule has 0 N–H and O–H groups in total. The topological polar surface area (TPSA) is 137 Å². The van der Waals surface area contributed by atoms with Gasteiger partial charge in [0.1, 0.15) is 0 Å². The summed E-state index contributed by atoms with van der Waals surface area (Å²) in [6.45, 7) is 3.42. The zero-order chi connectivity index (χ0) is 21.4. The van der Waals surface area contributed by atoms with Gasteiger partial charge >= 0.3 is 173 Å². The van der Waals surface area contributed by atoms with Crippen molar-refractivity contribution in [3.63, 3.8) is 0 Å². The molecule has 1 saturated heterocycles. The quantitative estimate of drug-likeness (QED) is 0.144. The molecule has 1 aliphatic rings. The number of carbonyl (C=O) groups is 3. The number of hydrogen-bond acceptors (Lipinski definition) is 8. The predicted octanol–water partition coefficient (Wildman–Crippen LogP) is 0.846. The van der Waals surface area contributed by atoms with Gasteiger partial charge in [0, 0.05) is 0 Å². The molecule has 0 radical (unpaired) electrons. The number of azide groups is 1. The third-order valence-corrected chi connectivity index (χ3v) is 6.30. The van der Waals surface area contributed by atoms with Crippen LogP contribution in [-0.2, 0) is 33.3 Å². The first-order valence-electron chi connectivity index (χ1n) is 8.71. The molecular formula is C18H21N3O7Se. The molecule has 5 unspecified atom stereocenters. The summed E-state index contributed by atoms with van der Waals surface area (Å²) in [5, 5.41) is 3.14. The summed E-state index contributed by atoms with van der Waals surface area (Å²) in [7, 11) is 0. The standard InChI is InChI=1S/C18H21N3O7Se/c1-10(22)25-9-14-16(26-11(2)23)17(27-12(3)24)15(20-21-19)18(28-14)29-13-7-5-4-6-8-13/h4-8,14-18H,9H2,1-3H3. The second kappa shape index (κ2) is 10.8. The molecule has 0 saturated carbocycles. The van der Waals surface area contributed by atoms with E-state index in [9.17, 15) is 14.4 Å². The van der Waals surface area contributed by atoms with Crippen LogP contribution in [0.4, 0.5) is 0 Å². The average molecular weight is 470 g/mol. The van der Waals surface area contributed by atoms with Gasteiger partial charge in [0.05, 0.1) is 0 Å². The number of hydrogen-bond donors (Lipinski definition) is 0. The van der Waals surface area contributed by atoms with Crippen LogP contribution in [0, 0.1) is 0 Å². The molecule has 10 nitrogen and oxygen atoms in total. The fourth-order valence-electron chi connectivity index (χ4n) is 2.80. The third kappa shape index (κ3) is 6.76. The third-order valence-electron chi connectivity index (χ3n) is 3.85. The Labute approximate surface area is 173 Å². The Bertz CT molecular complexity index is 785. The first-order chi connectivity index (χ1) is 13.8. The number of benzene rings is 1. The van der Waals surface area contributed by atoms with Crippen LogP contribution >= 0.6 is 0 Å². The Morgan fingerprint density at radius 3 is 2.24 bits per heavy atom. The van der Waals surface area contributed by atoms with Crippen LogP contribution in [0.2, 0.25) is 0 Å². The monoisotopic (exact) mass is 471 g/mol. The molecule has 0 aromatic heterocycles. The summed E-state index contributed by atoms with van der Waals surface area (Å²) < 4.78 is 22.8. The molecule has 1 fully saturated rings. The van der Waals surface area contributed by atoms with Gasteiger partial charge in [-0.2, -0.15) is 0 Å². The zero-order valence-electron chi connectivity index (χ0n) is 16.1. The molecule has 0 aliphatic carbocycles. The summed E-state index contributed by atoms with van der Waals surface area (Å²) in [4.78, 5) is 37.5. The first kappa shape index (κ1) is 22.7. The van der Waals surface area contributed by atoms with Gasteiger partial charge in [-0.1, -0.05) is 0 Å². The molecule has 0 bridgehead atoms. The van der Waals surface area contributed by atoms with Gasteiger partial charge in [-0.05, 0) is 0 Å². The maximum absolute atomic E-state index is 11.7. The van der Waals surface area contributed by atoms with Crippen LogP contribution in [-0.4, -0.2) is 68.8 Å². The van der Waals surface area contributed by atoms with Gasteiger partial charge < -0.3 is 0 Å². The number of nitrogens with zero attached hydrogens (tertiary/aromatic N) is 3. The molecule has 0 spiro atoms. The molecule has 5 atom stereocenters. The van der Waals surface area contributed by atoms with Crippen molar-refractivity contribution in [3.05, 3.63) is 40.8 Å². The van der Waals surface area contributed by atoms with Gasteiger partial charge in [0.2, 0.25) is 0 Å². The number of carbonyl (C=O) groups excluding carboxylic acids is 3. The summed E-state index contributed by atoms with van der Waals surface area (Å²) >= 11 is -0.339. The van der Waals surface area contributed by atoms with Crippen molar-refractivity contribution in [3.8, 4) is 0 Å². The van der Waals surface area contributed by atoms with E-state index >= 15 is 0 Å². The van der Waals surface area contributed by atoms with Gasteiger partial charge in [0.25, 0.3) is 0 Å². The second-order valence-electron chi connectivity index (χ2n) is 6.12. The maximum atomic E-state index is 11.7. The van der Waals surface area contributed by atoms with E-state index in [4.69, 9.17) is 24.5 Å². The normalized spacial score (nSPS) is 26.0. The van der Waals surface area contributed by atoms with Gasteiger partial charge in [-0.15, -0.1) is 0 Å². The van der Waals surface area contributed by atoms with Gasteiger partial charge in [-0.25, -0.2) is 0 Å². The molecule has 11 heteroatoms. The molecular weight excluding hydrogens is 449 g/mol. The molecule has 0 amide bonds. The molecule has 1 heterocycles. The van der Waals surface area contributed by atoms with Gasteiger partial charge in [-0.3, -0.25) is 0 Å². The van der Waals surface area contributed by atoms with E-state index in [0.29, 0.717) is 0 Å². The summed E-state index contributed by atoms with van der Waals surface area (Å²) in [6, 6.07) is 8.47. The van der Waals surface area contributed by atoms with Crippen molar-refractivity contribution in [2.45, 2.75) is 50.1 Å². The molecule has 1 aliphatic heterocycles. The Morgan fingerprint density at radius 1 is 1.07 bits per heavy atom. The minimum atomic E-state index is -1.10. The van der Waals surface area contributed by atoms with Crippen LogP contribution in [0.25, 0.3) is 10.4 Å². The number of esters is 3. The minimum absolute atomic E-state index is 0.213. The van der Waals surface area contributed by atoms with E-state index in [1.807, 2.05) is 30.3 Å². The molecule has 29 heavy (non-hydrogen) atoms. The van der Waals surface area contributed by atoms with Crippen molar-refractivity contribution in [1.82, 2.24) is 0 Å². The Balaban J connectivity index is 2.41. The van der Waals surface area contributed by atoms with Crippen LogP contribution in [0.5, 0.6) is 0 Å². The SMILES string of the molecule is CC(=O)OCC1OC([Se]c2ccccc2)C(N=[N+]=[N-])C(OC(C)=O)C1OC(C)=O. The van der Waals surface area contributed by atoms with E-state index in [0.717, 1.165) is 4.46 Å². The summed E-state index contributed by atoms with van der Waals surface area (Å²) in [5.74, 6) is -1.82. The fourth-order valence-corrected chi connectivity index (χ4v) is 5.17. The fraction of sp³-hybridized carbons (Fsp3) is 0.500. The van der Waals surface area contributed by atoms with E-state index in [1.165, 1.54) is 20.8 Å².